The molecule has 1 aromatic rings. The summed E-state index contributed by atoms with van der Waals surface area (Å²) in [6.07, 6.45) is 3.89. The third-order valence-electron chi connectivity index (χ3n) is 2.56. The van der Waals surface area contributed by atoms with Crippen molar-refractivity contribution in [2.24, 2.45) is 5.73 Å². The zero-order valence-corrected chi connectivity index (χ0v) is 11.6. The first kappa shape index (κ1) is 14.2. The summed E-state index contributed by atoms with van der Waals surface area (Å²) < 4.78 is 0. The first-order valence-electron chi connectivity index (χ1n) is 6.21. The Morgan fingerprint density at radius 1 is 1.41 bits per heavy atom. The van der Waals surface area contributed by atoms with Crippen LogP contribution in [0.2, 0.25) is 0 Å². The van der Waals surface area contributed by atoms with E-state index in [1.165, 1.54) is 30.7 Å². The first-order chi connectivity index (χ1) is 8.26. The highest BCUT2D eigenvalue weighted by molar-refractivity contribution is 7.10. The Labute approximate surface area is 109 Å². The van der Waals surface area contributed by atoms with Crippen molar-refractivity contribution in [3.05, 3.63) is 21.9 Å². The summed E-state index contributed by atoms with van der Waals surface area (Å²) in [5, 5.41) is 2.11. The van der Waals surface area contributed by atoms with Crippen LogP contribution in [-0.2, 0) is 6.54 Å². The second-order valence-corrected chi connectivity index (χ2v) is 5.25. The maximum Gasteiger partial charge on any atom is 0.0555 e. The van der Waals surface area contributed by atoms with E-state index in [2.05, 4.69) is 42.2 Å². The molecule has 17 heavy (non-hydrogen) atoms. The Morgan fingerprint density at radius 2 is 2.24 bits per heavy atom. The van der Waals surface area contributed by atoms with Crippen LogP contribution in [0.1, 0.15) is 36.6 Å². The minimum Gasteiger partial charge on any atom is -0.320 e. The molecule has 1 aromatic heterocycles. The van der Waals surface area contributed by atoms with Crippen LogP contribution < -0.4 is 5.73 Å². The number of nitrogens with two attached hydrogens (primary N) is 1. The van der Waals surface area contributed by atoms with Crippen LogP contribution in [0.5, 0.6) is 0 Å². The van der Waals surface area contributed by atoms with Crippen molar-refractivity contribution < 1.29 is 0 Å². The van der Waals surface area contributed by atoms with Gasteiger partial charge in [-0.15, -0.1) is 11.3 Å². The molecule has 0 spiro atoms. The standard InChI is InChI=1S/C14H22N2S/c1-3-4-5-9-16(2)11-14-10-13(12-17-14)7-6-8-15/h10,12H,3-5,8-9,11,15H2,1-2H3. The molecule has 94 valence electrons. The van der Waals surface area contributed by atoms with Gasteiger partial charge in [0, 0.05) is 22.4 Å². The van der Waals surface area contributed by atoms with E-state index < -0.39 is 0 Å². The summed E-state index contributed by atoms with van der Waals surface area (Å²) in [4.78, 5) is 3.76. The fourth-order valence-electron chi connectivity index (χ4n) is 1.66. The van der Waals surface area contributed by atoms with E-state index in [1.807, 2.05) is 0 Å². The fourth-order valence-corrected chi connectivity index (χ4v) is 2.55. The highest BCUT2D eigenvalue weighted by atomic mass is 32.1. The summed E-state index contributed by atoms with van der Waals surface area (Å²) in [7, 11) is 2.18. The third-order valence-corrected chi connectivity index (χ3v) is 3.48. The molecule has 3 heteroatoms. The lowest BCUT2D eigenvalue weighted by molar-refractivity contribution is 0.321. The van der Waals surface area contributed by atoms with Crippen LogP contribution >= 0.6 is 11.3 Å². The lowest BCUT2D eigenvalue weighted by Crippen LogP contribution is -2.18. The van der Waals surface area contributed by atoms with Gasteiger partial charge in [0.05, 0.1) is 6.54 Å². The first-order valence-corrected chi connectivity index (χ1v) is 7.09. The van der Waals surface area contributed by atoms with Gasteiger partial charge in [0.2, 0.25) is 0 Å². The smallest absolute Gasteiger partial charge is 0.0555 e. The molecule has 0 aliphatic rings. The van der Waals surface area contributed by atoms with Crippen LogP contribution in [0.25, 0.3) is 0 Å². The zero-order chi connectivity index (χ0) is 12.5. The van der Waals surface area contributed by atoms with E-state index in [-0.39, 0.29) is 0 Å². The average molecular weight is 250 g/mol. The minimum atomic E-state index is 0.433. The monoisotopic (exact) mass is 250 g/mol. The summed E-state index contributed by atoms with van der Waals surface area (Å²) in [6.45, 7) is 4.87. The van der Waals surface area contributed by atoms with E-state index in [4.69, 9.17) is 5.73 Å². The van der Waals surface area contributed by atoms with Gasteiger partial charge in [0.1, 0.15) is 0 Å². The van der Waals surface area contributed by atoms with Gasteiger partial charge >= 0.3 is 0 Å². The van der Waals surface area contributed by atoms with Gasteiger partial charge in [0.15, 0.2) is 0 Å². The topological polar surface area (TPSA) is 29.3 Å². The summed E-state index contributed by atoms with van der Waals surface area (Å²) in [5.74, 6) is 5.95. The van der Waals surface area contributed by atoms with Crippen molar-refractivity contribution >= 4 is 11.3 Å². The van der Waals surface area contributed by atoms with Crippen molar-refractivity contribution in [1.82, 2.24) is 4.90 Å². The molecule has 0 amide bonds. The van der Waals surface area contributed by atoms with Gasteiger partial charge in [0.25, 0.3) is 0 Å². The molecule has 0 aliphatic heterocycles. The molecule has 2 N–H and O–H groups in total. The van der Waals surface area contributed by atoms with Gasteiger partial charge in [-0.25, -0.2) is 0 Å². The third kappa shape index (κ3) is 5.88. The Balaban J connectivity index is 2.37. The predicted octanol–water partition coefficient (Wildman–Crippen LogP) is 2.68. The van der Waals surface area contributed by atoms with Crippen LogP contribution in [0.3, 0.4) is 0 Å². The van der Waals surface area contributed by atoms with E-state index >= 15 is 0 Å². The predicted molar refractivity (Wildman–Crippen MR) is 76.1 cm³/mol. The zero-order valence-electron chi connectivity index (χ0n) is 10.8. The van der Waals surface area contributed by atoms with Crippen molar-refractivity contribution in [2.45, 2.75) is 32.7 Å². The lowest BCUT2D eigenvalue weighted by atomic mass is 10.2. The molecule has 0 aliphatic carbocycles. The van der Waals surface area contributed by atoms with Crippen molar-refractivity contribution in [2.75, 3.05) is 20.1 Å². The lowest BCUT2D eigenvalue weighted by Gasteiger charge is -2.14. The summed E-state index contributed by atoms with van der Waals surface area (Å²) >= 11 is 1.78. The molecule has 1 heterocycles. The highest BCUT2D eigenvalue weighted by Crippen LogP contribution is 2.15. The molecule has 0 bridgehead atoms. The molecule has 0 saturated heterocycles. The maximum atomic E-state index is 5.35. The summed E-state index contributed by atoms with van der Waals surface area (Å²) in [6, 6.07) is 2.17. The molecule has 0 fully saturated rings. The van der Waals surface area contributed by atoms with Gasteiger partial charge in [-0.05, 0) is 26.1 Å². The minimum absolute atomic E-state index is 0.433. The Bertz CT molecular complexity index is 373. The Hall–Kier alpha value is -0.820. The maximum absolute atomic E-state index is 5.35. The van der Waals surface area contributed by atoms with E-state index in [0.717, 1.165) is 12.1 Å². The van der Waals surface area contributed by atoms with Crippen molar-refractivity contribution in [3.8, 4) is 11.8 Å². The van der Waals surface area contributed by atoms with E-state index in [9.17, 15) is 0 Å². The van der Waals surface area contributed by atoms with Gasteiger partial charge < -0.3 is 10.6 Å². The van der Waals surface area contributed by atoms with Crippen molar-refractivity contribution in [3.63, 3.8) is 0 Å². The van der Waals surface area contributed by atoms with Crippen LogP contribution in [-0.4, -0.2) is 25.0 Å². The quantitative estimate of drug-likeness (QED) is 0.621. The van der Waals surface area contributed by atoms with Crippen molar-refractivity contribution in [1.29, 1.82) is 0 Å². The number of hydrogen-bond acceptors (Lipinski definition) is 3. The Kier molecular flexibility index (Phi) is 6.95. The number of unbranched alkanes of at least 4 members (excludes halogenated alkanes) is 2. The molecule has 2 nitrogen and oxygen atoms in total. The number of thiophene rings is 1. The SMILES string of the molecule is CCCCCN(C)Cc1cc(C#CCN)cs1. The van der Waals surface area contributed by atoms with E-state index in [0.29, 0.717) is 6.54 Å². The Morgan fingerprint density at radius 3 is 2.94 bits per heavy atom. The average Bonchev–Trinajstić information content (AvgIpc) is 2.74. The molecule has 1 rings (SSSR count). The normalized spacial score (nSPS) is 10.4. The highest BCUT2D eigenvalue weighted by Gasteiger charge is 2.02. The molecule has 0 atom stereocenters. The second kappa shape index (κ2) is 8.30. The molecule has 0 unspecified atom stereocenters. The van der Waals surface area contributed by atoms with Gasteiger partial charge in [-0.1, -0.05) is 31.6 Å². The molecular formula is C14H22N2S. The largest absolute Gasteiger partial charge is 0.320 e. The van der Waals surface area contributed by atoms with Crippen LogP contribution in [0.15, 0.2) is 11.4 Å². The second-order valence-electron chi connectivity index (χ2n) is 4.25. The number of nitrogens with zero attached hydrogens (tertiary/aromatic N) is 1. The molecular weight excluding hydrogens is 228 g/mol. The number of rotatable bonds is 6. The molecule has 0 radical (unpaired) electrons. The van der Waals surface area contributed by atoms with Gasteiger partial charge in [-0.3, -0.25) is 0 Å². The van der Waals surface area contributed by atoms with Crippen LogP contribution in [0, 0.1) is 11.8 Å². The summed E-state index contributed by atoms with van der Waals surface area (Å²) in [5.41, 5.74) is 6.45. The molecule has 0 aromatic carbocycles. The molecule has 0 saturated carbocycles. The van der Waals surface area contributed by atoms with Gasteiger partial charge in [-0.2, -0.15) is 0 Å². The van der Waals surface area contributed by atoms with Crippen LogP contribution in [0.4, 0.5) is 0 Å². The fraction of sp³-hybridized carbons (Fsp3) is 0.571. The number of hydrogen-bond donors (Lipinski definition) is 1. The van der Waals surface area contributed by atoms with E-state index in [1.54, 1.807) is 11.3 Å².